The van der Waals surface area contributed by atoms with Crippen molar-refractivity contribution in [1.29, 1.82) is 0 Å². The predicted octanol–water partition coefficient (Wildman–Crippen LogP) is 3.77. The molecular formula is C16H21N3O. The molecule has 106 valence electrons. The highest BCUT2D eigenvalue weighted by Gasteiger charge is 2.14. The molecule has 4 nitrogen and oxygen atoms in total. The van der Waals surface area contributed by atoms with Crippen LogP contribution in [0.5, 0.6) is 5.75 Å². The Hall–Kier alpha value is -1.84. The number of methoxy groups -OCH3 is 1. The molecule has 20 heavy (non-hydrogen) atoms. The molecular weight excluding hydrogens is 250 g/mol. The zero-order chi connectivity index (χ0) is 13.8. The van der Waals surface area contributed by atoms with E-state index in [0.29, 0.717) is 6.04 Å². The Kier molecular flexibility index (Phi) is 4.00. The molecule has 0 aliphatic heterocycles. The number of fused-ring (bicyclic) bond motifs is 1. The first-order valence-electron chi connectivity index (χ1n) is 7.42. The van der Waals surface area contributed by atoms with Gasteiger partial charge in [-0.1, -0.05) is 25.7 Å². The molecule has 3 rings (SSSR count). The second kappa shape index (κ2) is 6.07. The van der Waals surface area contributed by atoms with Crippen LogP contribution in [0.25, 0.3) is 10.9 Å². The van der Waals surface area contributed by atoms with Gasteiger partial charge < -0.3 is 10.1 Å². The number of aromatic nitrogens is 2. The molecule has 0 spiro atoms. The summed E-state index contributed by atoms with van der Waals surface area (Å²) >= 11 is 0. The number of ether oxygens (including phenoxy) is 1. The van der Waals surface area contributed by atoms with Gasteiger partial charge in [0, 0.05) is 11.4 Å². The van der Waals surface area contributed by atoms with Crippen LogP contribution in [0.3, 0.4) is 0 Å². The number of rotatable bonds is 3. The van der Waals surface area contributed by atoms with Crippen LogP contribution < -0.4 is 10.1 Å². The van der Waals surface area contributed by atoms with Crippen molar-refractivity contribution in [3.63, 3.8) is 0 Å². The van der Waals surface area contributed by atoms with E-state index in [1.54, 1.807) is 13.4 Å². The summed E-state index contributed by atoms with van der Waals surface area (Å²) in [7, 11) is 1.68. The van der Waals surface area contributed by atoms with Crippen molar-refractivity contribution in [3.05, 3.63) is 24.5 Å². The molecule has 1 aliphatic carbocycles. The van der Waals surface area contributed by atoms with E-state index in [9.17, 15) is 0 Å². The standard InChI is InChI=1S/C16H21N3O/c1-20-13-8-9-15-14(10-13)16(18-11-17-15)19-12-6-4-2-3-5-7-12/h8-12H,2-7H2,1H3,(H,17,18,19). The van der Waals surface area contributed by atoms with Crippen LogP contribution in [0.4, 0.5) is 5.82 Å². The van der Waals surface area contributed by atoms with Crippen LogP contribution in [0.1, 0.15) is 38.5 Å². The van der Waals surface area contributed by atoms with Gasteiger partial charge >= 0.3 is 0 Å². The van der Waals surface area contributed by atoms with E-state index in [2.05, 4.69) is 15.3 Å². The first kappa shape index (κ1) is 13.2. The lowest BCUT2D eigenvalue weighted by atomic mass is 10.1. The van der Waals surface area contributed by atoms with Gasteiger partial charge in [-0.2, -0.15) is 0 Å². The van der Waals surface area contributed by atoms with E-state index in [0.717, 1.165) is 22.5 Å². The normalized spacial score (nSPS) is 16.9. The Morgan fingerprint density at radius 3 is 2.65 bits per heavy atom. The SMILES string of the molecule is COc1ccc2ncnc(NC3CCCCCC3)c2c1. The van der Waals surface area contributed by atoms with E-state index in [1.807, 2.05) is 18.2 Å². The molecule has 0 radical (unpaired) electrons. The predicted molar refractivity (Wildman–Crippen MR) is 81.2 cm³/mol. The maximum Gasteiger partial charge on any atom is 0.137 e. The average molecular weight is 271 g/mol. The van der Waals surface area contributed by atoms with E-state index < -0.39 is 0 Å². The molecule has 1 heterocycles. The zero-order valence-electron chi connectivity index (χ0n) is 11.9. The molecule has 1 aliphatic rings. The Morgan fingerprint density at radius 1 is 1.10 bits per heavy atom. The molecule has 2 aromatic rings. The minimum absolute atomic E-state index is 0.529. The lowest BCUT2D eigenvalue weighted by Gasteiger charge is -2.18. The molecule has 0 unspecified atom stereocenters. The quantitative estimate of drug-likeness (QED) is 0.863. The molecule has 0 amide bonds. The molecule has 1 N–H and O–H groups in total. The van der Waals surface area contributed by atoms with Crippen LogP contribution in [-0.2, 0) is 0 Å². The van der Waals surface area contributed by atoms with Gasteiger partial charge in [-0.05, 0) is 31.0 Å². The van der Waals surface area contributed by atoms with E-state index >= 15 is 0 Å². The largest absolute Gasteiger partial charge is 0.497 e. The van der Waals surface area contributed by atoms with Gasteiger partial charge in [-0.25, -0.2) is 9.97 Å². The van der Waals surface area contributed by atoms with E-state index in [4.69, 9.17) is 4.74 Å². The fourth-order valence-corrected chi connectivity index (χ4v) is 2.89. The maximum atomic E-state index is 5.30. The van der Waals surface area contributed by atoms with Crippen molar-refractivity contribution in [2.75, 3.05) is 12.4 Å². The third kappa shape index (κ3) is 2.84. The maximum absolute atomic E-state index is 5.30. The van der Waals surface area contributed by atoms with E-state index in [1.165, 1.54) is 38.5 Å². The second-order valence-electron chi connectivity index (χ2n) is 5.44. The third-order valence-corrected chi connectivity index (χ3v) is 4.04. The topological polar surface area (TPSA) is 47.0 Å². The van der Waals surface area contributed by atoms with Gasteiger partial charge in [-0.3, -0.25) is 0 Å². The van der Waals surface area contributed by atoms with Crippen LogP contribution in [0.15, 0.2) is 24.5 Å². The fraction of sp³-hybridized carbons (Fsp3) is 0.500. The van der Waals surface area contributed by atoms with Crippen molar-refractivity contribution < 1.29 is 4.74 Å². The highest BCUT2D eigenvalue weighted by atomic mass is 16.5. The van der Waals surface area contributed by atoms with E-state index in [-0.39, 0.29) is 0 Å². The first-order valence-corrected chi connectivity index (χ1v) is 7.42. The van der Waals surface area contributed by atoms with Crippen LogP contribution in [0.2, 0.25) is 0 Å². The molecule has 1 saturated carbocycles. The van der Waals surface area contributed by atoms with Crippen LogP contribution >= 0.6 is 0 Å². The van der Waals surface area contributed by atoms with Gasteiger partial charge in [0.15, 0.2) is 0 Å². The van der Waals surface area contributed by atoms with Gasteiger partial charge in [0.25, 0.3) is 0 Å². The lowest BCUT2D eigenvalue weighted by Crippen LogP contribution is -2.19. The monoisotopic (exact) mass is 271 g/mol. The Balaban J connectivity index is 1.89. The first-order chi connectivity index (χ1) is 9.86. The number of anilines is 1. The highest BCUT2D eigenvalue weighted by Crippen LogP contribution is 2.27. The third-order valence-electron chi connectivity index (χ3n) is 4.04. The molecule has 1 aromatic heterocycles. The van der Waals surface area contributed by atoms with Gasteiger partial charge in [0.05, 0.1) is 12.6 Å². The van der Waals surface area contributed by atoms with Crippen LogP contribution in [0, 0.1) is 0 Å². The summed E-state index contributed by atoms with van der Waals surface area (Å²) < 4.78 is 5.30. The number of hydrogen-bond acceptors (Lipinski definition) is 4. The average Bonchev–Trinajstić information content (AvgIpc) is 2.76. The molecule has 0 saturated heterocycles. The summed E-state index contributed by atoms with van der Waals surface area (Å²) in [5, 5.41) is 4.65. The Labute approximate surface area is 119 Å². The minimum atomic E-state index is 0.529. The summed E-state index contributed by atoms with van der Waals surface area (Å²) in [6.07, 6.45) is 9.43. The van der Waals surface area contributed by atoms with Crippen molar-refractivity contribution in [2.24, 2.45) is 0 Å². The molecule has 1 aromatic carbocycles. The summed E-state index contributed by atoms with van der Waals surface area (Å²) in [4.78, 5) is 8.75. The number of nitrogens with zero attached hydrogens (tertiary/aromatic N) is 2. The summed E-state index contributed by atoms with van der Waals surface area (Å²) in [5.74, 6) is 1.78. The number of benzene rings is 1. The molecule has 0 atom stereocenters. The lowest BCUT2D eigenvalue weighted by molar-refractivity contribution is 0.415. The van der Waals surface area contributed by atoms with Crippen molar-refractivity contribution >= 4 is 16.7 Å². The Bertz CT molecular complexity index is 577. The van der Waals surface area contributed by atoms with Gasteiger partial charge in [-0.15, -0.1) is 0 Å². The number of hydrogen-bond donors (Lipinski definition) is 1. The molecule has 0 bridgehead atoms. The zero-order valence-corrected chi connectivity index (χ0v) is 11.9. The summed E-state index contributed by atoms with van der Waals surface area (Å²) in [6, 6.07) is 6.45. The van der Waals surface area contributed by atoms with Crippen molar-refractivity contribution in [2.45, 2.75) is 44.6 Å². The summed E-state index contributed by atoms with van der Waals surface area (Å²) in [5.41, 5.74) is 0.955. The summed E-state index contributed by atoms with van der Waals surface area (Å²) in [6.45, 7) is 0. The fourth-order valence-electron chi connectivity index (χ4n) is 2.89. The van der Waals surface area contributed by atoms with Gasteiger partial charge in [0.1, 0.15) is 17.9 Å². The Morgan fingerprint density at radius 2 is 1.90 bits per heavy atom. The van der Waals surface area contributed by atoms with Crippen molar-refractivity contribution in [1.82, 2.24) is 9.97 Å². The number of nitrogens with one attached hydrogen (secondary N) is 1. The molecule has 1 fully saturated rings. The molecule has 4 heteroatoms. The van der Waals surface area contributed by atoms with Gasteiger partial charge in [0.2, 0.25) is 0 Å². The minimum Gasteiger partial charge on any atom is -0.497 e. The second-order valence-corrected chi connectivity index (χ2v) is 5.44. The van der Waals surface area contributed by atoms with Crippen LogP contribution in [-0.4, -0.2) is 23.1 Å². The highest BCUT2D eigenvalue weighted by molar-refractivity contribution is 5.90. The van der Waals surface area contributed by atoms with Crippen molar-refractivity contribution in [3.8, 4) is 5.75 Å². The smallest absolute Gasteiger partial charge is 0.137 e.